The van der Waals surface area contributed by atoms with Crippen molar-refractivity contribution in [1.29, 1.82) is 0 Å². The van der Waals surface area contributed by atoms with Crippen molar-refractivity contribution in [3.05, 3.63) is 102 Å². The second kappa shape index (κ2) is 11.9. The Morgan fingerprint density at radius 2 is 1.57 bits per heavy atom. The molecule has 8 heteroatoms. The van der Waals surface area contributed by atoms with Gasteiger partial charge in [-0.1, -0.05) is 61.2 Å². The predicted molar refractivity (Wildman–Crippen MR) is 169 cm³/mol. The third-order valence-electron chi connectivity index (χ3n) is 8.05. The van der Waals surface area contributed by atoms with E-state index in [-0.39, 0.29) is 11.5 Å². The maximum absolute atomic E-state index is 12.9. The number of fused-ring (bicyclic) bond motifs is 1. The highest BCUT2D eigenvalue weighted by Gasteiger charge is 2.23. The highest BCUT2D eigenvalue weighted by Crippen LogP contribution is 2.36. The number of nitrogens with zero attached hydrogens (tertiary/aromatic N) is 3. The number of benzene rings is 4. The summed E-state index contributed by atoms with van der Waals surface area (Å²) in [6.45, 7) is 0.203. The van der Waals surface area contributed by atoms with Crippen LogP contribution in [0.2, 0.25) is 5.02 Å². The fourth-order valence-electron chi connectivity index (χ4n) is 5.79. The molecule has 1 aromatic heterocycles. The molecule has 0 unspecified atom stereocenters. The summed E-state index contributed by atoms with van der Waals surface area (Å²) < 4.78 is 35.7. The third kappa shape index (κ3) is 5.69. The van der Waals surface area contributed by atoms with Gasteiger partial charge in [0.15, 0.2) is 0 Å². The molecule has 0 bridgehead atoms. The summed E-state index contributed by atoms with van der Waals surface area (Å²) in [5.74, 6) is 1.68. The highest BCUT2D eigenvalue weighted by molar-refractivity contribution is 7.89. The minimum atomic E-state index is -3.60. The van der Waals surface area contributed by atoms with E-state index >= 15 is 0 Å². The van der Waals surface area contributed by atoms with Gasteiger partial charge in [-0.05, 0) is 90.2 Å². The number of rotatable bonds is 8. The lowest BCUT2D eigenvalue weighted by atomic mass is 9.95. The van der Waals surface area contributed by atoms with Crippen molar-refractivity contribution >= 4 is 32.7 Å². The average Bonchev–Trinajstić information content (AvgIpc) is 3.41. The summed E-state index contributed by atoms with van der Waals surface area (Å²) in [5, 5.41) is 0.639. The first-order chi connectivity index (χ1) is 20.3. The first-order valence-electron chi connectivity index (χ1n) is 14.3. The van der Waals surface area contributed by atoms with Gasteiger partial charge in [0, 0.05) is 30.7 Å². The molecule has 0 aliphatic heterocycles. The van der Waals surface area contributed by atoms with Gasteiger partial charge in [0.25, 0.3) is 0 Å². The van der Waals surface area contributed by atoms with Crippen molar-refractivity contribution in [3.63, 3.8) is 0 Å². The van der Waals surface area contributed by atoms with E-state index in [4.69, 9.17) is 21.3 Å². The Kier molecular flexibility index (Phi) is 8.08. The molecule has 0 N–H and O–H groups in total. The Morgan fingerprint density at radius 1 is 0.881 bits per heavy atom. The first kappa shape index (κ1) is 28.5. The van der Waals surface area contributed by atoms with Gasteiger partial charge in [-0.2, -0.15) is 0 Å². The van der Waals surface area contributed by atoms with Crippen LogP contribution in [-0.2, 0) is 16.6 Å². The van der Waals surface area contributed by atoms with Gasteiger partial charge in [0.2, 0.25) is 10.0 Å². The number of halogens is 1. The minimum absolute atomic E-state index is 0.203. The predicted octanol–water partition coefficient (Wildman–Crippen LogP) is 8.36. The summed E-state index contributed by atoms with van der Waals surface area (Å²) in [6.07, 6.45) is 6.14. The smallest absolute Gasteiger partial charge is 0.242 e. The van der Waals surface area contributed by atoms with Crippen molar-refractivity contribution in [1.82, 2.24) is 13.9 Å². The summed E-state index contributed by atoms with van der Waals surface area (Å²) >= 11 is 6.12. The van der Waals surface area contributed by atoms with Crippen molar-refractivity contribution in [2.24, 2.45) is 0 Å². The van der Waals surface area contributed by atoms with E-state index in [0.717, 1.165) is 33.6 Å². The van der Waals surface area contributed by atoms with E-state index in [1.807, 2.05) is 48.5 Å². The van der Waals surface area contributed by atoms with E-state index in [0.29, 0.717) is 16.8 Å². The molecular formula is C34H34ClN3O3S. The number of sulfonamides is 1. The average molecular weight is 600 g/mol. The fraction of sp³-hybridized carbons (Fsp3) is 0.265. The SMILES string of the molecule is CN(C)S(=O)(=O)c1ccc(-c2ccc(Cl)cc2)c(COc2ccc(-c3nc4ccccc4n3C3CCCCC3)cc2)c1. The molecule has 42 heavy (non-hydrogen) atoms. The van der Waals surface area contributed by atoms with E-state index in [9.17, 15) is 8.42 Å². The molecule has 216 valence electrons. The second-order valence-electron chi connectivity index (χ2n) is 11.0. The molecule has 0 amide bonds. The molecule has 1 fully saturated rings. The van der Waals surface area contributed by atoms with E-state index in [2.05, 4.69) is 34.9 Å². The third-order valence-corrected chi connectivity index (χ3v) is 10.1. The lowest BCUT2D eigenvalue weighted by molar-refractivity contribution is 0.306. The van der Waals surface area contributed by atoms with E-state index in [1.54, 1.807) is 12.1 Å². The largest absolute Gasteiger partial charge is 0.489 e. The van der Waals surface area contributed by atoms with Crippen molar-refractivity contribution in [3.8, 4) is 28.3 Å². The Balaban J connectivity index is 1.30. The molecule has 5 aromatic rings. The molecule has 1 saturated carbocycles. The zero-order valence-corrected chi connectivity index (χ0v) is 25.4. The van der Waals surface area contributed by atoms with Crippen molar-refractivity contribution in [2.45, 2.75) is 49.6 Å². The minimum Gasteiger partial charge on any atom is -0.489 e. The normalized spacial score (nSPS) is 14.5. The maximum Gasteiger partial charge on any atom is 0.242 e. The Hall–Kier alpha value is -3.65. The monoisotopic (exact) mass is 599 g/mol. The van der Waals surface area contributed by atoms with Crippen LogP contribution in [0.4, 0.5) is 0 Å². The molecule has 4 aromatic carbocycles. The number of hydrogen-bond donors (Lipinski definition) is 0. The van der Waals surface area contributed by atoms with Gasteiger partial charge in [-0.3, -0.25) is 0 Å². The number of hydrogen-bond acceptors (Lipinski definition) is 4. The zero-order chi connectivity index (χ0) is 29.3. The van der Waals surface area contributed by atoms with Gasteiger partial charge in [0.1, 0.15) is 18.2 Å². The lowest BCUT2D eigenvalue weighted by Gasteiger charge is -2.25. The standard InChI is InChI=1S/C34H34ClN3O3S/c1-37(2)42(39,40)30-20-21-31(24-12-16-27(35)17-13-24)26(22-30)23-41-29-18-14-25(15-19-29)34-36-32-10-6-7-11-33(32)38(34)28-8-4-3-5-9-28/h6-7,10-22,28H,3-5,8-9,23H2,1-2H3. The maximum atomic E-state index is 12.9. The van der Waals surface area contributed by atoms with Gasteiger partial charge in [-0.15, -0.1) is 0 Å². The Morgan fingerprint density at radius 3 is 2.29 bits per heavy atom. The fourth-order valence-corrected chi connectivity index (χ4v) is 6.87. The molecule has 6 rings (SSSR count). The van der Waals surface area contributed by atoms with E-state index < -0.39 is 10.0 Å². The van der Waals surface area contributed by atoms with E-state index in [1.165, 1.54) is 56.0 Å². The molecule has 0 saturated heterocycles. The topological polar surface area (TPSA) is 64.4 Å². The van der Waals surface area contributed by atoms with Crippen molar-refractivity contribution in [2.75, 3.05) is 14.1 Å². The molecule has 1 aliphatic carbocycles. The number of ether oxygens (including phenoxy) is 1. The van der Waals surface area contributed by atoms with Crippen LogP contribution >= 0.6 is 11.6 Å². The van der Waals surface area contributed by atoms with Gasteiger partial charge >= 0.3 is 0 Å². The number of para-hydroxylation sites is 2. The summed E-state index contributed by atoms with van der Waals surface area (Å²) in [4.78, 5) is 5.25. The van der Waals surface area contributed by atoms with Crippen LogP contribution < -0.4 is 4.74 Å². The van der Waals surface area contributed by atoms with Crippen LogP contribution in [-0.4, -0.2) is 36.4 Å². The summed E-state index contributed by atoms with van der Waals surface area (Å²) in [5.41, 5.74) is 5.84. The van der Waals surface area contributed by atoms with Crippen LogP contribution in [0.15, 0.2) is 95.9 Å². The molecule has 1 aliphatic rings. The first-order valence-corrected chi connectivity index (χ1v) is 16.1. The Labute approximate surface area is 252 Å². The van der Waals surface area contributed by atoms with Gasteiger partial charge in [-0.25, -0.2) is 17.7 Å². The number of imidazole rings is 1. The van der Waals surface area contributed by atoms with Crippen LogP contribution in [0.25, 0.3) is 33.5 Å². The van der Waals surface area contributed by atoms with Crippen LogP contribution in [0.1, 0.15) is 43.7 Å². The van der Waals surface area contributed by atoms with Crippen LogP contribution in [0.5, 0.6) is 5.75 Å². The highest BCUT2D eigenvalue weighted by atomic mass is 35.5. The number of aromatic nitrogens is 2. The lowest BCUT2D eigenvalue weighted by Crippen LogP contribution is -2.22. The van der Waals surface area contributed by atoms with Gasteiger partial charge in [0.05, 0.1) is 15.9 Å². The molecule has 0 atom stereocenters. The molecule has 0 radical (unpaired) electrons. The molecule has 1 heterocycles. The zero-order valence-electron chi connectivity index (χ0n) is 23.8. The van der Waals surface area contributed by atoms with Crippen molar-refractivity contribution < 1.29 is 13.2 Å². The summed E-state index contributed by atoms with van der Waals surface area (Å²) in [7, 11) is -0.541. The quantitative estimate of drug-likeness (QED) is 0.180. The Bertz CT molecular complexity index is 1810. The second-order valence-corrected chi connectivity index (χ2v) is 13.6. The molecule has 6 nitrogen and oxygen atoms in total. The molecule has 0 spiro atoms. The van der Waals surface area contributed by atoms with Crippen LogP contribution in [0, 0.1) is 0 Å². The van der Waals surface area contributed by atoms with Crippen LogP contribution in [0.3, 0.4) is 0 Å². The molecular weight excluding hydrogens is 566 g/mol. The summed E-state index contributed by atoms with van der Waals surface area (Å²) in [6, 6.07) is 29.5. The van der Waals surface area contributed by atoms with Gasteiger partial charge < -0.3 is 9.30 Å².